The fourth-order valence-corrected chi connectivity index (χ4v) is 2.49. The monoisotopic (exact) mass is 207 g/mol. The Morgan fingerprint density at radius 2 is 2.07 bits per heavy atom. The molecular weight excluding hydrogens is 194 g/mol. The van der Waals surface area contributed by atoms with Crippen LogP contribution in [0.2, 0.25) is 0 Å². The summed E-state index contributed by atoms with van der Waals surface area (Å²) in [5.41, 5.74) is 0. The van der Waals surface area contributed by atoms with Gasteiger partial charge in [0.05, 0.1) is 31.6 Å². The maximum absolute atomic E-state index is 12.1. The van der Waals surface area contributed by atoms with Gasteiger partial charge in [-0.2, -0.15) is 0 Å². The molecule has 0 aliphatic carbocycles. The molecule has 0 saturated carbocycles. The zero-order valence-corrected chi connectivity index (χ0v) is 8.39. The lowest BCUT2D eigenvalue weighted by Gasteiger charge is -2.33. The zero-order chi connectivity index (χ0) is 10.3. The number of hydrogen-bond donors (Lipinski definition) is 0. The standard InChI is InChI=1S/C11H13NO3/c13-11(10-2-1-5-15-10)12-8-3-4-9(12)7-14-6-8/h1-2,5,8-9H,3-4,6-7H2. The van der Waals surface area contributed by atoms with Gasteiger partial charge >= 0.3 is 0 Å². The molecule has 15 heavy (non-hydrogen) atoms. The van der Waals surface area contributed by atoms with Crippen molar-refractivity contribution >= 4 is 5.91 Å². The molecule has 2 atom stereocenters. The second-order valence-electron chi connectivity index (χ2n) is 4.11. The second kappa shape index (κ2) is 3.38. The molecule has 2 unspecified atom stereocenters. The number of morpholine rings is 1. The molecule has 2 aliphatic rings. The second-order valence-corrected chi connectivity index (χ2v) is 4.11. The molecule has 0 aromatic carbocycles. The summed E-state index contributed by atoms with van der Waals surface area (Å²) in [5, 5.41) is 0. The molecule has 2 bridgehead atoms. The molecule has 1 aromatic heterocycles. The summed E-state index contributed by atoms with van der Waals surface area (Å²) in [6.07, 6.45) is 3.64. The van der Waals surface area contributed by atoms with Crippen molar-refractivity contribution in [2.75, 3.05) is 13.2 Å². The maximum Gasteiger partial charge on any atom is 0.290 e. The number of amides is 1. The van der Waals surface area contributed by atoms with Crippen LogP contribution in [0.25, 0.3) is 0 Å². The largest absolute Gasteiger partial charge is 0.459 e. The number of nitrogens with zero attached hydrogens (tertiary/aromatic N) is 1. The van der Waals surface area contributed by atoms with E-state index in [1.165, 1.54) is 6.26 Å². The number of furan rings is 1. The topological polar surface area (TPSA) is 42.7 Å². The van der Waals surface area contributed by atoms with Crippen LogP contribution < -0.4 is 0 Å². The van der Waals surface area contributed by atoms with Crippen LogP contribution in [-0.2, 0) is 4.74 Å². The van der Waals surface area contributed by atoms with Crippen LogP contribution in [0.5, 0.6) is 0 Å². The summed E-state index contributed by atoms with van der Waals surface area (Å²) in [6, 6.07) is 3.97. The Labute approximate surface area is 87.8 Å². The van der Waals surface area contributed by atoms with Crippen molar-refractivity contribution in [3.05, 3.63) is 24.2 Å². The SMILES string of the molecule is O=C(c1ccco1)N1C2CCC1COC2. The third-order valence-corrected chi connectivity index (χ3v) is 3.21. The van der Waals surface area contributed by atoms with E-state index in [0.29, 0.717) is 19.0 Å². The fourth-order valence-electron chi connectivity index (χ4n) is 2.49. The van der Waals surface area contributed by atoms with Crippen molar-refractivity contribution in [2.45, 2.75) is 24.9 Å². The van der Waals surface area contributed by atoms with E-state index in [1.807, 2.05) is 4.90 Å². The lowest BCUT2D eigenvalue weighted by Crippen LogP contribution is -2.49. The van der Waals surface area contributed by atoms with Crippen molar-refractivity contribution in [1.82, 2.24) is 4.90 Å². The van der Waals surface area contributed by atoms with E-state index in [4.69, 9.17) is 9.15 Å². The van der Waals surface area contributed by atoms with Crippen LogP contribution in [0.1, 0.15) is 23.4 Å². The number of hydrogen-bond acceptors (Lipinski definition) is 3. The van der Waals surface area contributed by atoms with E-state index in [2.05, 4.69) is 0 Å². The molecule has 1 amide bonds. The first-order chi connectivity index (χ1) is 7.36. The molecular formula is C11H13NO3. The highest BCUT2D eigenvalue weighted by Gasteiger charge is 2.41. The van der Waals surface area contributed by atoms with Crippen molar-refractivity contribution in [3.63, 3.8) is 0 Å². The zero-order valence-electron chi connectivity index (χ0n) is 8.39. The van der Waals surface area contributed by atoms with Gasteiger partial charge in [0.1, 0.15) is 0 Å². The first-order valence-electron chi connectivity index (χ1n) is 5.30. The van der Waals surface area contributed by atoms with Gasteiger partial charge < -0.3 is 14.1 Å². The number of ether oxygens (including phenoxy) is 1. The third kappa shape index (κ3) is 1.36. The van der Waals surface area contributed by atoms with Crippen molar-refractivity contribution in [2.24, 2.45) is 0 Å². The molecule has 1 aromatic rings. The molecule has 4 nitrogen and oxygen atoms in total. The number of fused-ring (bicyclic) bond motifs is 2. The summed E-state index contributed by atoms with van der Waals surface area (Å²) >= 11 is 0. The van der Waals surface area contributed by atoms with Gasteiger partial charge in [0, 0.05) is 0 Å². The maximum atomic E-state index is 12.1. The van der Waals surface area contributed by atoms with Gasteiger partial charge in [0.25, 0.3) is 5.91 Å². The lowest BCUT2D eigenvalue weighted by molar-refractivity contribution is -0.00867. The van der Waals surface area contributed by atoms with Gasteiger partial charge in [-0.15, -0.1) is 0 Å². The molecule has 80 valence electrons. The Morgan fingerprint density at radius 1 is 1.33 bits per heavy atom. The Balaban J connectivity index is 1.85. The van der Waals surface area contributed by atoms with E-state index in [0.717, 1.165) is 12.8 Å². The highest BCUT2D eigenvalue weighted by molar-refractivity contribution is 5.92. The number of carbonyl (C=O) groups is 1. The molecule has 3 rings (SSSR count). The average molecular weight is 207 g/mol. The van der Waals surface area contributed by atoms with Crippen LogP contribution in [-0.4, -0.2) is 36.1 Å². The predicted molar refractivity (Wildman–Crippen MR) is 52.5 cm³/mol. The van der Waals surface area contributed by atoms with E-state index in [1.54, 1.807) is 12.1 Å². The van der Waals surface area contributed by atoms with Crippen LogP contribution in [0.3, 0.4) is 0 Å². The van der Waals surface area contributed by atoms with Crippen molar-refractivity contribution in [1.29, 1.82) is 0 Å². The van der Waals surface area contributed by atoms with Gasteiger partial charge in [-0.05, 0) is 25.0 Å². The third-order valence-electron chi connectivity index (χ3n) is 3.21. The molecule has 0 N–H and O–H groups in total. The van der Waals surface area contributed by atoms with Gasteiger partial charge in [-0.25, -0.2) is 0 Å². The van der Waals surface area contributed by atoms with E-state index >= 15 is 0 Å². The Bertz CT molecular complexity index is 344. The predicted octanol–water partition coefficient (Wildman–Crippen LogP) is 1.28. The normalized spacial score (nSPS) is 29.5. The Kier molecular flexibility index (Phi) is 2.02. The molecule has 2 fully saturated rings. The number of carbonyl (C=O) groups excluding carboxylic acids is 1. The Morgan fingerprint density at radius 3 is 2.67 bits per heavy atom. The molecule has 0 spiro atoms. The Hall–Kier alpha value is -1.29. The fraction of sp³-hybridized carbons (Fsp3) is 0.545. The average Bonchev–Trinajstić information content (AvgIpc) is 2.85. The van der Waals surface area contributed by atoms with E-state index in [9.17, 15) is 4.79 Å². The molecule has 3 heterocycles. The van der Waals surface area contributed by atoms with Crippen molar-refractivity contribution < 1.29 is 13.9 Å². The summed E-state index contributed by atoms with van der Waals surface area (Å²) in [4.78, 5) is 14.0. The molecule has 2 aliphatic heterocycles. The summed E-state index contributed by atoms with van der Waals surface area (Å²) in [6.45, 7) is 1.34. The first kappa shape index (κ1) is 8.97. The summed E-state index contributed by atoms with van der Waals surface area (Å²) < 4.78 is 10.6. The van der Waals surface area contributed by atoms with Crippen LogP contribution in [0.15, 0.2) is 22.8 Å². The minimum absolute atomic E-state index is 0.0100. The molecule has 0 radical (unpaired) electrons. The van der Waals surface area contributed by atoms with Gasteiger partial charge in [0.15, 0.2) is 5.76 Å². The van der Waals surface area contributed by atoms with Crippen LogP contribution in [0.4, 0.5) is 0 Å². The van der Waals surface area contributed by atoms with Crippen LogP contribution >= 0.6 is 0 Å². The van der Waals surface area contributed by atoms with Gasteiger partial charge in [-0.3, -0.25) is 4.79 Å². The number of rotatable bonds is 1. The quantitative estimate of drug-likeness (QED) is 0.696. The molecule has 4 heteroatoms. The van der Waals surface area contributed by atoms with Gasteiger partial charge in [0.2, 0.25) is 0 Å². The lowest BCUT2D eigenvalue weighted by atomic mass is 10.2. The van der Waals surface area contributed by atoms with Gasteiger partial charge in [-0.1, -0.05) is 0 Å². The summed E-state index contributed by atoms with van der Waals surface area (Å²) in [7, 11) is 0. The first-order valence-corrected chi connectivity index (χ1v) is 5.30. The highest BCUT2D eigenvalue weighted by atomic mass is 16.5. The minimum atomic E-state index is 0.0100. The van der Waals surface area contributed by atoms with Crippen LogP contribution in [0, 0.1) is 0 Å². The van der Waals surface area contributed by atoms with E-state index < -0.39 is 0 Å². The van der Waals surface area contributed by atoms with Crippen molar-refractivity contribution in [3.8, 4) is 0 Å². The smallest absolute Gasteiger partial charge is 0.290 e. The minimum Gasteiger partial charge on any atom is -0.459 e. The molecule has 2 saturated heterocycles. The highest BCUT2D eigenvalue weighted by Crippen LogP contribution is 2.30. The summed E-state index contributed by atoms with van der Waals surface area (Å²) in [5.74, 6) is 0.449. The van der Waals surface area contributed by atoms with E-state index in [-0.39, 0.29) is 18.0 Å².